The Kier molecular flexibility index (Phi) is 4.98. The van der Waals surface area contributed by atoms with Crippen LogP contribution >= 0.6 is 0 Å². The number of hydrogen-bond donors (Lipinski definition) is 3. The number of ether oxygens (including phenoxy) is 1. The molecule has 0 aliphatic rings. The summed E-state index contributed by atoms with van der Waals surface area (Å²) in [5.74, 6) is -0.672. The first-order chi connectivity index (χ1) is 10.6. The van der Waals surface area contributed by atoms with Crippen molar-refractivity contribution in [1.29, 1.82) is 0 Å². The summed E-state index contributed by atoms with van der Waals surface area (Å²) in [7, 11) is 0. The van der Waals surface area contributed by atoms with Crippen molar-refractivity contribution in [1.82, 2.24) is 0 Å². The molecule has 0 aliphatic heterocycles. The second kappa shape index (κ2) is 7.12. The Morgan fingerprint density at radius 1 is 1.05 bits per heavy atom. The second-order valence-electron chi connectivity index (χ2n) is 4.40. The Labute approximate surface area is 127 Å². The fourth-order valence-electron chi connectivity index (χ4n) is 1.81. The van der Waals surface area contributed by atoms with E-state index >= 15 is 0 Å². The number of phenols is 1. The van der Waals surface area contributed by atoms with Crippen molar-refractivity contribution in [3.63, 3.8) is 0 Å². The third kappa shape index (κ3) is 3.99. The summed E-state index contributed by atoms with van der Waals surface area (Å²) in [6.07, 6.45) is -0.622. The van der Waals surface area contributed by atoms with Crippen LogP contribution in [0.5, 0.6) is 5.75 Å². The predicted octanol–water partition coefficient (Wildman–Crippen LogP) is 3.21. The van der Waals surface area contributed by atoms with Gasteiger partial charge in [-0.1, -0.05) is 18.2 Å². The van der Waals surface area contributed by atoms with Crippen LogP contribution in [0, 0.1) is 0 Å². The smallest absolute Gasteiger partial charge is 0.411 e. The van der Waals surface area contributed by atoms with Gasteiger partial charge in [-0.25, -0.2) is 4.79 Å². The van der Waals surface area contributed by atoms with Crippen LogP contribution in [-0.4, -0.2) is 23.7 Å². The maximum absolute atomic E-state index is 12.1. The predicted molar refractivity (Wildman–Crippen MR) is 83.1 cm³/mol. The van der Waals surface area contributed by atoms with Gasteiger partial charge in [0.25, 0.3) is 5.91 Å². The molecular weight excluding hydrogens is 284 g/mol. The number of aromatic hydroxyl groups is 1. The maximum atomic E-state index is 12.1. The minimum absolute atomic E-state index is 0.110. The molecule has 2 aromatic carbocycles. The quantitative estimate of drug-likeness (QED) is 0.809. The van der Waals surface area contributed by atoms with E-state index in [0.717, 1.165) is 0 Å². The van der Waals surface area contributed by atoms with Crippen LogP contribution in [0.4, 0.5) is 16.2 Å². The summed E-state index contributed by atoms with van der Waals surface area (Å²) in [6, 6.07) is 13.1. The van der Waals surface area contributed by atoms with Crippen molar-refractivity contribution in [3.05, 3.63) is 54.1 Å². The number of anilines is 2. The summed E-state index contributed by atoms with van der Waals surface area (Å²) < 4.78 is 4.73. The summed E-state index contributed by atoms with van der Waals surface area (Å²) in [5, 5.41) is 15.0. The summed E-state index contributed by atoms with van der Waals surface area (Å²) >= 11 is 0. The van der Waals surface area contributed by atoms with E-state index in [1.165, 1.54) is 18.2 Å². The van der Waals surface area contributed by atoms with Crippen LogP contribution in [0.3, 0.4) is 0 Å². The Bertz CT molecular complexity index is 671. The van der Waals surface area contributed by atoms with Gasteiger partial charge >= 0.3 is 6.09 Å². The zero-order valence-corrected chi connectivity index (χ0v) is 12.0. The number of para-hydroxylation sites is 1. The molecule has 0 unspecified atom stereocenters. The molecule has 3 N–H and O–H groups in total. The molecule has 0 bridgehead atoms. The monoisotopic (exact) mass is 300 g/mol. The molecule has 114 valence electrons. The summed E-state index contributed by atoms with van der Waals surface area (Å²) in [6.45, 7) is 1.93. The number of nitrogens with one attached hydrogen (secondary N) is 2. The summed E-state index contributed by atoms with van der Waals surface area (Å²) in [5.41, 5.74) is 1.08. The number of amides is 2. The van der Waals surface area contributed by atoms with Gasteiger partial charge in [-0.05, 0) is 31.2 Å². The Hall–Kier alpha value is -3.02. The Balaban J connectivity index is 2.09. The number of carbonyl (C=O) groups is 2. The molecule has 0 fully saturated rings. The lowest BCUT2D eigenvalue weighted by Crippen LogP contribution is -2.14. The van der Waals surface area contributed by atoms with Crippen LogP contribution in [-0.2, 0) is 4.74 Å². The number of benzene rings is 2. The number of hydrogen-bond acceptors (Lipinski definition) is 4. The number of carbonyl (C=O) groups excluding carboxylic acids is 2. The normalized spacial score (nSPS) is 9.86. The van der Waals surface area contributed by atoms with Crippen molar-refractivity contribution >= 4 is 23.4 Å². The van der Waals surface area contributed by atoms with Gasteiger partial charge in [0.15, 0.2) is 0 Å². The van der Waals surface area contributed by atoms with E-state index in [0.29, 0.717) is 11.4 Å². The second-order valence-corrected chi connectivity index (χ2v) is 4.40. The lowest BCUT2D eigenvalue weighted by atomic mass is 10.1. The average Bonchev–Trinajstić information content (AvgIpc) is 2.48. The maximum Gasteiger partial charge on any atom is 0.411 e. The van der Waals surface area contributed by atoms with E-state index in [9.17, 15) is 14.7 Å². The molecule has 0 aliphatic carbocycles. The highest BCUT2D eigenvalue weighted by atomic mass is 16.5. The molecule has 2 rings (SSSR count). The van der Waals surface area contributed by atoms with Crippen molar-refractivity contribution in [3.8, 4) is 5.75 Å². The van der Waals surface area contributed by atoms with Gasteiger partial charge < -0.3 is 15.2 Å². The molecule has 0 aromatic heterocycles. The van der Waals surface area contributed by atoms with Crippen LogP contribution in [0.25, 0.3) is 0 Å². The highest BCUT2D eigenvalue weighted by Gasteiger charge is 2.13. The Morgan fingerprint density at radius 2 is 1.77 bits per heavy atom. The van der Waals surface area contributed by atoms with Gasteiger partial charge in [-0.3, -0.25) is 10.1 Å². The van der Waals surface area contributed by atoms with Crippen LogP contribution < -0.4 is 10.6 Å². The van der Waals surface area contributed by atoms with Crippen molar-refractivity contribution in [2.45, 2.75) is 6.92 Å². The fraction of sp³-hybridized carbons (Fsp3) is 0.125. The first-order valence-corrected chi connectivity index (χ1v) is 6.73. The van der Waals surface area contributed by atoms with Crippen molar-refractivity contribution < 1.29 is 19.4 Å². The molecule has 2 aromatic rings. The average molecular weight is 300 g/mol. The van der Waals surface area contributed by atoms with E-state index in [-0.39, 0.29) is 17.9 Å². The molecular formula is C16H16N2O4. The standard InChI is InChI=1S/C16H16N2O4/c1-2-22-16(21)18-12-8-9-13(14(19)10-12)15(20)17-11-6-4-3-5-7-11/h3-10,19H,2H2,1H3,(H,17,20)(H,18,21). The van der Waals surface area contributed by atoms with Gasteiger partial charge in [-0.2, -0.15) is 0 Å². The molecule has 0 saturated carbocycles. The minimum Gasteiger partial charge on any atom is -0.507 e. The van der Waals surface area contributed by atoms with Gasteiger partial charge in [0.2, 0.25) is 0 Å². The molecule has 0 radical (unpaired) electrons. The van der Waals surface area contributed by atoms with Gasteiger partial charge in [-0.15, -0.1) is 0 Å². The van der Waals surface area contributed by atoms with Crippen LogP contribution in [0.2, 0.25) is 0 Å². The summed E-state index contributed by atoms with van der Waals surface area (Å²) in [4.78, 5) is 23.4. The topological polar surface area (TPSA) is 87.7 Å². The molecule has 0 atom stereocenters. The van der Waals surface area contributed by atoms with Crippen molar-refractivity contribution in [2.24, 2.45) is 0 Å². The zero-order valence-electron chi connectivity index (χ0n) is 12.0. The highest BCUT2D eigenvalue weighted by Crippen LogP contribution is 2.23. The minimum atomic E-state index is -0.622. The lowest BCUT2D eigenvalue weighted by Gasteiger charge is -2.09. The molecule has 0 spiro atoms. The fourth-order valence-corrected chi connectivity index (χ4v) is 1.81. The molecule has 2 amide bonds. The van der Waals surface area contributed by atoms with E-state index in [1.54, 1.807) is 31.2 Å². The first kappa shape index (κ1) is 15.4. The number of phenolic OH excluding ortho intramolecular Hbond substituents is 1. The molecule has 0 heterocycles. The third-order valence-electron chi connectivity index (χ3n) is 2.80. The van der Waals surface area contributed by atoms with Gasteiger partial charge in [0.1, 0.15) is 5.75 Å². The van der Waals surface area contributed by atoms with E-state index in [1.807, 2.05) is 6.07 Å². The van der Waals surface area contributed by atoms with E-state index in [2.05, 4.69) is 10.6 Å². The number of rotatable bonds is 4. The SMILES string of the molecule is CCOC(=O)Nc1ccc(C(=O)Nc2ccccc2)c(O)c1. The van der Waals surface area contributed by atoms with Gasteiger partial charge in [0.05, 0.1) is 12.2 Å². The Morgan fingerprint density at radius 3 is 2.41 bits per heavy atom. The van der Waals surface area contributed by atoms with E-state index in [4.69, 9.17) is 4.74 Å². The molecule has 22 heavy (non-hydrogen) atoms. The van der Waals surface area contributed by atoms with E-state index < -0.39 is 12.0 Å². The van der Waals surface area contributed by atoms with Gasteiger partial charge in [0, 0.05) is 17.4 Å². The lowest BCUT2D eigenvalue weighted by molar-refractivity contribution is 0.102. The first-order valence-electron chi connectivity index (χ1n) is 6.73. The molecule has 0 saturated heterocycles. The molecule has 6 nitrogen and oxygen atoms in total. The largest absolute Gasteiger partial charge is 0.507 e. The third-order valence-corrected chi connectivity index (χ3v) is 2.80. The zero-order chi connectivity index (χ0) is 15.9. The van der Waals surface area contributed by atoms with Crippen molar-refractivity contribution in [2.75, 3.05) is 17.2 Å². The van der Waals surface area contributed by atoms with Crippen LogP contribution in [0.1, 0.15) is 17.3 Å². The van der Waals surface area contributed by atoms with Crippen LogP contribution in [0.15, 0.2) is 48.5 Å². The highest BCUT2D eigenvalue weighted by molar-refractivity contribution is 6.06. The molecule has 6 heteroatoms.